The Hall–Kier alpha value is -1.60. The van der Waals surface area contributed by atoms with Gasteiger partial charge in [-0.05, 0) is 31.2 Å². The predicted octanol–water partition coefficient (Wildman–Crippen LogP) is 1.98. The highest BCUT2D eigenvalue weighted by molar-refractivity contribution is 9.10. The number of rotatable bonds is 8. The molecule has 1 aromatic carbocycles. The Kier molecular flexibility index (Phi) is 9.25. The Labute approximate surface area is 139 Å². The van der Waals surface area contributed by atoms with E-state index in [1.165, 1.54) is 0 Å². The van der Waals surface area contributed by atoms with E-state index in [2.05, 4.69) is 36.9 Å². The van der Waals surface area contributed by atoms with Gasteiger partial charge in [-0.15, -0.1) is 0 Å². The number of hydrogen-bond acceptors (Lipinski definition) is 3. The number of nitrogens with zero attached hydrogens (tertiary/aromatic N) is 1. The van der Waals surface area contributed by atoms with E-state index in [0.717, 1.165) is 16.7 Å². The van der Waals surface area contributed by atoms with Crippen molar-refractivity contribution < 1.29 is 9.53 Å². The van der Waals surface area contributed by atoms with Crippen molar-refractivity contribution in [3.8, 4) is 0 Å². The van der Waals surface area contributed by atoms with E-state index in [4.69, 9.17) is 4.74 Å². The van der Waals surface area contributed by atoms with Crippen LogP contribution in [0.3, 0.4) is 0 Å². The number of ether oxygens (including phenoxy) is 1. The number of hydrogen-bond donors (Lipinski definition) is 3. The second-order valence-corrected chi connectivity index (χ2v) is 5.40. The fourth-order valence-corrected chi connectivity index (χ4v) is 1.91. The molecule has 1 rings (SSSR count). The van der Waals surface area contributed by atoms with Gasteiger partial charge in [0, 0.05) is 36.8 Å². The van der Waals surface area contributed by atoms with Crippen molar-refractivity contribution in [2.24, 2.45) is 4.99 Å². The molecule has 0 heterocycles. The quantitative estimate of drug-likeness (QED) is 0.371. The molecule has 0 spiro atoms. The number of amides is 1. The van der Waals surface area contributed by atoms with E-state index in [1.54, 1.807) is 7.11 Å². The fourth-order valence-electron chi connectivity index (χ4n) is 1.64. The van der Waals surface area contributed by atoms with Crippen molar-refractivity contribution in [3.05, 3.63) is 28.7 Å². The first-order chi connectivity index (χ1) is 10.7. The summed E-state index contributed by atoms with van der Waals surface area (Å²) in [5.74, 6) is 0.651. The molecular weight excluding hydrogens is 348 g/mol. The van der Waals surface area contributed by atoms with E-state index >= 15 is 0 Å². The number of methoxy groups -OCH3 is 1. The molecule has 0 aliphatic heterocycles. The second-order valence-electron chi connectivity index (χ2n) is 4.49. The Morgan fingerprint density at radius 3 is 2.64 bits per heavy atom. The van der Waals surface area contributed by atoms with Gasteiger partial charge in [-0.3, -0.25) is 9.79 Å². The number of carbonyl (C=O) groups is 1. The predicted molar refractivity (Wildman–Crippen MR) is 93.2 cm³/mol. The third kappa shape index (κ3) is 7.99. The molecule has 1 aromatic rings. The molecule has 22 heavy (non-hydrogen) atoms. The zero-order valence-electron chi connectivity index (χ0n) is 13.0. The first-order valence-corrected chi connectivity index (χ1v) is 8.01. The molecule has 7 heteroatoms. The van der Waals surface area contributed by atoms with Gasteiger partial charge in [0.15, 0.2) is 5.96 Å². The SMILES string of the molecule is CCNC(=NCCOC)NCCC(=O)Nc1ccc(Br)cc1. The zero-order valence-corrected chi connectivity index (χ0v) is 14.6. The van der Waals surface area contributed by atoms with E-state index in [-0.39, 0.29) is 5.91 Å². The standard InChI is InChI=1S/C15H23BrN4O2/c1-3-17-15(19-10-11-22-2)18-9-8-14(21)20-13-6-4-12(16)5-7-13/h4-7H,3,8-11H2,1-2H3,(H,20,21)(H2,17,18,19). The van der Waals surface area contributed by atoms with Crippen LogP contribution in [0.5, 0.6) is 0 Å². The largest absolute Gasteiger partial charge is 0.383 e. The van der Waals surface area contributed by atoms with Gasteiger partial charge in [0.25, 0.3) is 0 Å². The molecule has 0 saturated carbocycles. The van der Waals surface area contributed by atoms with Crippen LogP contribution in [0, 0.1) is 0 Å². The molecule has 0 saturated heterocycles. The van der Waals surface area contributed by atoms with Gasteiger partial charge in [-0.25, -0.2) is 0 Å². The molecule has 0 bridgehead atoms. The van der Waals surface area contributed by atoms with Crippen LogP contribution in [-0.4, -0.2) is 45.2 Å². The van der Waals surface area contributed by atoms with Crippen LogP contribution in [-0.2, 0) is 9.53 Å². The highest BCUT2D eigenvalue weighted by Gasteiger charge is 2.03. The van der Waals surface area contributed by atoms with Gasteiger partial charge in [0.05, 0.1) is 13.2 Å². The summed E-state index contributed by atoms with van der Waals surface area (Å²) in [5, 5.41) is 9.09. The number of benzene rings is 1. The number of halogens is 1. The lowest BCUT2D eigenvalue weighted by Gasteiger charge is -2.11. The Morgan fingerprint density at radius 1 is 1.27 bits per heavy atom. The molecule has 122 valence electrons. The first kappa shape index (κ1) is 18.4. The fraction of sp³-hybridized carbons (Fsp3) is 0.467. The van der Waals surface area contributed by atoms with Gasteiger partial charge >= 0.3 is 0 Å². The normalized spacial score (nSPS) is 11.1. The summed E-state index contributed by atoms with van der Waals surface area (Å²) >= 11 is 3.36. The molecule has 0 aliphatic carbocycles. The van der Waals surface area contributed by atoms with Crippen LogP contribution in [0.1, 0.15) is 13.3 Å². The number of carbonyl (C=O) groups excluding carboxylic acids is 1. The molecule has 6 nitrogen and oxygen atoms in total. The van der Waals surface area contributed by atoms with Crippen molar-refractivity contribution in [2.75, 3.05) is 38.7 Å². The minimum absolute atomic E-state index is 0.0393. The number of aliphatic imine (C=N–C) groups is 1. The van der Waals surface area contributed by atoms with Gasteiger partial charge in [0.1, 0.15) is 0 Å². The van der Waals surface area contributed by atoms with Crippen LogP contribution >= 0.6 is 15.9 Å². The summed E-state index contributed by atoms with van der Waals surface area (Å²) in [5.41, 5.74) is 0.786. The summed E-state index contributed by atoms with van der Waals surface area (Å²) in [6.45, 7) is 4.43. The van der Waals surface area contributed by atoms with Crippen molar-refractivity contribution in [3.63, 3.8) is 0 Å². The highest BCUT2D eigenvalue weighted by Crippen LogP contribution is 2.14. The van der Waals surface area contributed by atoms with E-state index in [1.807, 2.05) is 31.2 Å². The Balaban J connectivity index is 2.32. The van der Waals surface area contributed by atoms with Crippen LogP contribution in [0.2, 0.25) is 0 Å². The van der Waals surface area contributed by atoms with Crippen LogP contribution in [0.4, 0.5) is 5.69 Å². The topological polar surface area (TPSA) is 74.8 Å². The number of anilines is 1. The lowest BCUT2D eigenvalue weighted by molar-refractivity contribution is -0.116. The van der Waals surface area contributed by atoms with Crippen LogP contribution in [0.15, 0.2) is 33.7 Å². The number of guanidine groups is 1. The monoisotopic (exact) mass is 370 g/mol. The molecule has 0 fully saturated rings. The molecule has 0 radical (unpaired) electrons. The summed E-state index contributed by atoms with van der Waals surface area (Å²) in [7, 11) is 1.64. The average Bonchev–Trinajstić information content (AvgIpc) is 2.50. The lowest BCUT2D eigenvalue weighted by Crippen LogP contribution is -2.39. The zero-order chi connectivity index (χ0) is 16.2. The Bertz CT molecular complexity index is 477. The van der Waals surface area contributed by atoms with E-state index < -0.39 is 0 Å². The molecule has 0 aromatic heterocycles. The maximum atomic E-state index is 11.9. The highest BCUT2D eigenvalue weighted by atomic mass is 79.9. The average molecular weight is 371 g/mol. The molecular formula is C15H23BrN4O2. The molecule has 0 atom stereocenters. The summed E-state index contributed by atoms with van der Waals surface area (Å²) in [6, 6.07) is 7.48. The van der Waals surface area contributed by atoms with Gasteiger partial charge in [-0.2, -0.15) is 0 Å². The minimum Gasteiger partial charge on any atom is -0.383 e. The third-order valence-electron chi connectivity index (χ3n) is 2.68. The van der Waals surface area contributed by atoms with Gasteiger partial charge < -0.3 is 20.7 Å². The Morgan fingerprint density at radius 2 is 2.00 bits per heavy atom. The lowest BCUT2D eigenvalue weighted by atomic mass is 10.3. The maximum Gasteiger partial charge on any atom is 0.226 e. The van der Waals surface area contributed by atoms with E-state index in [0.29, 0.717) is 32.1 Å². The molecule has 0 unspecified atom stereocenters. The van der Waals surface area contributed by atoms with E-state index in [9.17, 15) is 4.79 Å². The molecule has 1 amide bonds. The summed E-state index contributed by atoms with van der Waals surface area (Å²) in [4.78, 5) is 16.2. The van der Waals surface area contributed by atoms with Crippen molar-refractivity contribution in [1.29, 1.82) is 0 Å². The van der Waals surface area contributed by atoms with Crippen molar-refractivity contribution in [2.45, 2.75) is 13.3 Å². The summed E-state index contributed by atoms with van der Waals surface area (Å²) in [6.07, 6.45) is 0.366. The van der Waals surface area contributed by atoms with Gasteiger partial charge in [0.2, 0.25) is 5.91 Å². The van der Waals surface area contributed by atoms with Crippen molar-refractivity contribution >= 4 is 33.5 Å². The minimum atomic E-state index is -0.0393. The number of nitrogens with one attached hydrogen (secondary N) is 3. The smallest absolute Gasteiger partial charge is 0.226 e. The van der Waals surface area contributed by atoms with Crippen LogP contribution in [0.25, 0.3) is 0 Å². The second kappa shape index (κ2) is 11.0. The molecule has 0 aliphatic rings. The first-order valence-electron chi connectivity index (χ1n) is 7.22. The molecule has 3 N–H and O–H groups in total. The third-order valence-corrected chi connectivity index (χ3v) is 3.21. The maximum absolute atomic E-state index is 11.9. The van der Waals surface area contributed by atoms with Crippen molar-refractivity contribution in [1.82, 2.24) is 10.6 Å². The summed E-state index contributed by atoms with van der Waals surface area (Å²) < 4.78 is 5.94. The van der Waals surface area contributed by atoms with Crippen LogP contribution < -0.4 is 16.0 Å². The van der Waals surface area contributed by atoms with Gasteiger partial charge in [-0.1, -0.05) is 15.9 Å².